The standard InChI is InChI=1S/C18H18N2O3S2/c1-12(17(21)19-13-5-7-15(22-2)8-6-13)24-10-14-11-25-18(20-14)16-4-3-9-23-16/h3-9,11-12H,10H2,1-2H3,(H,19,21). The van der Waals surface area contributed by atoms with Crippen LogP contribution in [0.4, 0.5) is 5.69 Å². The average molecular weight is 374 g/mol. The van der Waals surface area contributed by atoms with Crippen LogP contribution in [0.2, 0.25) is 0 Å². The number of amides is 1. The highest BCUT2D eigenvalue weighted by molar-refractivity contribution is 7.99. The average Bonchev–Trinajstić information content (AvgIpc) is 3.31. The Morgan fingerprint density at radius 2 is 2.16 bits per heavy atom. The summed E-state index contributed by atoms with van der Waals surface area (Å²) < 4.78 is 10.5. The van der Waals surface area contributed by atoms with E-state index in [2.05, 4.69) is 10.3 Å². The number of benzene rings is 1. The number of ether oxygens (including phenoxy) is 1. The van der Waals surface area contributed by atoms with Gasteiger partial charge in [0.15, 0.2) is 10.8 Å². The molecule has 3 rings (SSSR count). The molecule has 1 aromatic carbocycles. The summed E-state index contributed by atoms with van der Waals surface area (Å²) in [5.41, 5.74) is 1.71. The number of thioether (sulfide) groups is 1. The van der Waals surface area contributed by atoms with E-state index in [0.717, 1.165) is 27.9 Å². The molecule has 0 aliphatic carbocycles. The minimum Gasteiger partial charge on any atom is -0.497 e. The molecule has 0 spiro atoms. The van der Waals surface area contributed by atoms with E-state index in [1.54, 1.807) is 36.5 Å². The fraction of sp³-hybridized carbons (Fsp3) is 0.222. The van der Waals surface area contributed by atoms with Crippen molar-refractivity contribution in [1.82, 2.24) is 4.98 Å². The van der Waals surface area contributed by atoms with Gasteiger partial charge in [-0.05, 0) is 43.3 Å². The summed E-state index contributed by atoms with van der Waals surface area (Å²) in [6.07, 6.45) is 1.64. The highest BCUT2D eigenvalue weighted by atomic mass is 32.2. The van der Waals surface area contributed by atoms with Gasteiger partial charge in [-0.25, -0.2) is 4.98 Å². The third-order valence-corrected chi connectivity index (χ3v) is 5.57. The molecular weight excluding hydrogens is 356 g/mol. The van der Waals surface area contributed by atoms with Crippen molar-refractivity contribution in [2.24, 2.45) is 0 Å². The number of nitrogens with zero attached hydrogens (tertiary/aromatic N) is 1. The van der Waals surface area contributed by atoms with Crippen LogP contribution in [0.25, 0.3) is 10.8 Å². The number of carbonyl (C=O) groups is 1. The largest absolute Gasteiger partial charge is 0.497 e. The zero-order chi connectivity index (χ0) is 17.6. The summed E-state index contributed by atoms with van der Waals surface area (Å²) in [6, 6.07) is 11.0. The molecule has 2 heterocycles. The first-order chi connectivity index (χ1) is 12.2. The molecule has 2 aromatic heterocycles. The lowest BCUT2D eigenvalue weighted by atomic mass is 10.3. The number of anilines is 1. The van der Waals surface area contributed by atoms with E-state index < -0.39 is 0 Å². The van der Waals surface area contributed by atoms with Gasteiger partial charge in [-0.3, -0.25) is 4.79 Å². The molecule has 1 unspecified atom stereocenters. The third-order valence-electron chi connectivity index (χ3n) is 3.49. The van der Waals surface area contributed by atoms with Gasteiger partial charge < -0.3 is 14.5 Å². The van der Waals surface area contributed by atoms with Gasteiger partial charge in [0.05, 0.1) is 24.3 Å². The molecular formula is C18H18N2O3S2. The Morgan fingerprint density at radius 3 is 2.84 bits per heavy atom. The Morgan fingerprint density at radius 1 is 1.36 bits per heavy atom. The molecule has 25 heavy (non-hydrogen) atoms. The number of methoxy groups -OCH3 is 1. The number of hydrogen-bond acceptors (Lipinski definition) is 6. The Bertz CT molecular complexity index is 813. The van der Waals surface area contributed by atoms with E-state index in [9.17, 15) is 4.79 Å². The minimum atomic E-state index is -0.184. The van der Waals surface area contributed by atoms with Gasteiger partial charge in [0, 0.05) is 16.8 Å². The quantitative estimate of drug-likeness (QED) is 0.651. The molecule has 5 nitrogen and oxygen atoms in total. The minimum absolute atomic E-state index is 0.0309. The van der Waals surface area contributed by atoms with Crippen LogP contribution in [0.5, 0.6) is 5.75 Å². The molecule has 1 amide bonds. The summed E-state index contributed by atoms with van der Waals surface area (Å²) in [6.45, 7) is 1.89. The molecule has 1 N–H and O–H groups in total. The fourth-order valence-corrected chi connectivity index (χ4v) is 3.76. The van der Waals surface area contributed by atoms with Gasteiger partial charge in [-0.1, -0.05) is 0 Å². The van der Waals surface area contributed by atoms with Crippen LogP contribution in [-0.2, 0) is 10.5 Å². The fourth-order valence-electron chi connectivity index (χ4n) is 2.09. The first-order valence-electron chi connectivity index (χ1n) is 7.70. The summed E-state index contributed by atoms with van der Waals surface area (Å²) >= 11 is 3.09. The van der Waals surface area contributed by atoms with Crippen LogP contribution in [0.3, 0.4) is 0 Å². The van der Waals surface area contributed by atoms with Crippen LogP contribution in [0.15, 0.2) is 52.5 Å². The summed E-state index contributed by atoms with van der Waals surface area (Å²) in [5.74, 6) is 2.17. The number of carbonyl (C=O) groups excluding carboxylic acids is 1. The van der Waals surface area contributed by atoms with Crippen molar-refractivity contribution in [3.63, 3.8) is 0 Å². The van der Waals surface area contributed by atoms with Crippen LogP contribution >= 0.6 is 23.1 Å². The van der Waals surface area contributed by atoms with Gasteiger partial charge in [0.2, 0.25) is 5.91 Å². The van der Waals surface area contributed by atoms with Crippen LogP contribution in [0.1, 0.15) is 12.6 Å². The zero-order valence-corrected chi connectivity index (χ0v) is 15.5. The molecule has 3 aromatic rings. The van der Waals surface area contributed by atoms with E-state index in [-0.39, 0.29) is 11.2 Å². The monoisotopic (exact) mass is 374 g/mol. The van der Waals surface area contributed by atoms with Gasteiger partial charge >= 0.3 is 0 Å². The Labute approximate surface area is 154 Å². The first-order valence-corrected chi connectivity index (χ1v) is 9.63. The third kappa shape index (κ3) is 4.64. The second-order valence-corrected chi connectivity index (χ2v) is 7.48. The Balaban J connectivity index is 1.51. The summed E-state index contributed by atoms with van der Waals surface area (Å²) in [5, 5.41) is 5.58. The summed E-state index contributed by atoms with van der Waals surface area (Å²) in [4.78, 5) is 16.8. The van der Waals surface area contributed by atoms with Crippen LogP contribution in [0, 0.1) is 0 Å². The maximum atomic E-state index is 12.3. The predicted molar refractivity (Wildman–Crippen MR) is 102 cm³/mol. The molecule has 0 bridgehead atoms. The topological polar surface area (TPSA) is 64.4 Å². The highest BCUT2D eigenvalue weighted by Crippen LogP contribution is 2.27. The normalized spacial score (nSPS) is 11.9. The molecule has 0 saturated heterocycles. The summed E-state index contributed by atoms with van der Waals surface area (Å²) in [7, 11) is 1.61. The van der Waals surface area contributed by atoms with Gasteiger partial charge in [0.1, 0.15) is 5.75 Å². The highest BCUT2D eigenvalue weighted by Gasteiger charge is 2.15. The van der Waals surface area contributed by atoms with Crippen molar-refractivity contribution < 1.29 is 13.9 Å². The number of thiazole rings is 1. The molecule has 0 aliphatic heterocycles. The van der Waals surface area contributed by atoms with E-state index in [1.165, 1.54) is 0 Å². The lowest BCUT2D eigenvalue weighted by Crippen LogP contribution is -2.22. The molecule has 0 fully saturated rings. The number of hydrogen-bond donors (Lipinski definition) is 1. The zero-order valence-electron chi connectivity index (χ0n) is 13.9. The number of rotatable bonds is 7. The van der Waals surface area contributed by atoms with Gasteiger partial charge in [-0.2, -0.15) is 0 Å². The molecule has 1 atom stereocenters. The molecule has 7 heteroatoms. The van der Waals surface area contributed by atoms with Crippen LogP contribution in [-0.4, -0.2) is 23.3 Å². The first kappa shape index (κ1) is 17.6. The maximum absolute atomic E-state index is 12.3. The Hall–Kier alpha value is -2.25. The van der Waals surface area contributed by atoms with E-state index in [0.29, 0.717) is 5.75 Å². The van der Waals surface area contributed by atoms with Crippen molar-refractivity contribution in [3.05, 3.63) is 53.7 Å². The van der Waals surface area contributed by atoms with E-state index >= 15 is 0 Å². The van der Waals surface area contributed by atoms with Crippen LogP contribution < -0.4 is 10.1 Å². The number of nitrogens with one attached hydrogen (secondary N) is 1. The molecule has 0 aliphatic rings. The van der Waals surface area contributed by atoms with Crippen molar-refractivity contribution in [2.45, 2.75) is 17.9 Å². The van der Waals surface area contributed by atoms with E-state index in [4.69, 9.17) is 9.15 Å². The second-order valence-electron chi connectivity index (χ2n) is 5.29. The van der Waals surface area contributed by atoms with Gasteiger partial charge in [0.25, 0.3) is 0 Å². The smallest absolute Gasteiger partial charge is 0.237 e. The Kier molecular flexibility index (Phi) is 5.78. The molecule has 130 valence electrons. The SMILES string of the molecule is COc1ccc(NC(=O)C(C)SCc2csc(-c3ccco3)n2)cc1. The number of furan rings is 1. The second kappa shape index (κ2) is 8.22. The van der Waals surface area contributed by atoms with Crippen molar-refractivity contribution >= 4 is 34.7 Å². The number of aromatic nitrogens is 1. The van der Waals surface area contributed by atoms with Crippen molar-refractivity contribution in [3.8, 4) is 16.5 Å². The maximum Gasteiger partial charge on any atom is 0.237 e. The van der Waals surface area contributed by atoms with Crippen molar-refractivity contribution in [1.29, 1.82) is 0 Å². The molecule has 0 radical (unpaired) electrons. The van der Waals surface area contributed by atoms with Crippen molar-refractivity contribution in [2.75, 3.05) is 12.4 Å². The van der Waals surface area contributed by atoms with Gasteiger partial charge in [-0.15, -0.1) is 23.1 Å². The lowest BCUT2D eigenvalue weighted by molar-refractivity contribution is -0.115. The van der Waals surface area contributed by atoms with E-state index in [1.807, 2.05) is 48.7 Å². The predicted octanol–water partition coefficient (Wildman–Crippen LogP) is 4.67. The lowest BCUT2D eigenvalue weighted by Gasteiger charge is -2.11. The molecule has 0 saturated carbocycles.